The van der Waals surface area contributed by atoms with Gasteiger partial charge in [-0.3, -0.25) is 4.79 Å². The van der Waals surface area contributed by atoms with Gasteiger partial charge in [0.25, 0.3) is 0 Å². The molecule has 0 saturated carbocycles. The van der Waals surface area contributed by atoms with Crippen molar-refractivity contribution in [2.24, 2.45) is 0 Å². The molecule has 0 unspecified atom stereocenters. The van der Waals surface area contributed by atoms with Crippen LogP contribution in [0.2, 0.25) is 0 Å². The van der Waals surface area contributed by atoms with Crippen LogP contribution in [-0.2, 0) is 4.79 Å². The third-order valence-corrected chi connectivity index (χ3v) is 2.82. The zero-order valence-electron chi connectivity index (χ0n) is 11.1. The fraction of sp³-hybridized carbons (Fsp3) is 0.462. The molecule has 2 N–H and O–H groups in total. The molecular formula is C13H19BrN2O2. The lowest BCUT2D eigenvalue weighted by molar-refractivity contribution is -0.120. The zero-order chi connectivity index (χ0) is 13.8. The van der Waals surface area contributed by atoms with Crippen molar-refractivity contribution in [3.05, 3.63) is 22.7 Å². The van der Waals surface area contributed by atoms with Gasteiger partial charge < -0.3 is 15.4 Å². The minimum absolute atomic E-state index is 0.0442. The minimum atomic E-state index is -0.218. The fourth-order valence-corrected chi connectivity index (χ4v) is 1.79. The van der Waals surface area contributed by atoms with Crippen LogP contribution in [0.25, 0.3) is 0 Å². The van der Waals surface area contributed by atoms with E-state index in [1.54, 1.807) is 7.11 Å². The van der Waals surface area contributed by atoms with Crippen molar-refractivity contribution in [1.29, 1.82) is 0 Å². The Balaban J connectivity index is 2.60. The molecule has 0 fully saturated rings. The Kier molecular flexibility index (Phi) is 5.02. The number of carbonyl (C=O) groups is 1. The smallest absolute Gasteiger partial charge is 0.239 e. The van der Waals surface area contributed by atoms with Crippen LogP contribution < -0.4 is 15.4 Å². The quantitative estimate of drug-likeness (QED) is 0.898. The second-order valence-corrected chi connectivity index (χ2v) is 5.85. The SMILES string of the molecule is COc1ccc(Br)c(NCC(=O)NC(C)(C)C)c1. The van der Waals surface area contributed by atoms with Gasteiger partial charge in [-0.05, 0) is 48.8 Å². The van der Waals surface area contributed by atoms with Crippen LogP contribution in [-0.4, -0.2) is 25.1 Å². The molecule has 5 heteroatoms. The molecule has 1 aromatic carbocycles. The standard InChI is InChI=1S/C13H19BrN2O2/c1-13(2,3)16-12(17)8-15-11-7-9(18-4)5-6-10(11)14/h5-7,15H,8H2,1-4H3,(H,16,17). The number of anilines is 1. The minimum Gasteiger partial charge on any atom is -0.497 e. The summed E-state index contributed by atoms with van der Waals surface area (Å²) in [5.41, 5.74) is 0.614. The highest BCUT2D eigenvalue weighted by atomic mass is 79.9. The molecule has 100 valence electrons. The van der Waals surface area contributed by atoms with Crippen molar-refractivity contribution in [2.75, 3.05) is 19.0 Å². The third-order valence-electron chi connectivity index (χ3n) is 2.13. The number of hydrogen-bond donors (Lipinski definition) is 2. The van der Waals surface area contributed by atoms with Crippen molar-refractivity contribution in [3.8, 4) is 5.75 Å². The number of benzene rings is 1. The molecule has 1 rings (SSSR count). The van der Waals surface area contributed by atoms with Crippen molar-refractivity contribution in [2.45, 2.75) is 26.3 Å². The van der Waals surface area contributed by atoms with Gasteiger partial charge in [0.05, 0.1) is 19.3 Å². The molecular weight excluding hydrogens is 296 g/mol. The highest BCUT2D eigenvalue weighted by Crippen LogP contribution is 2.26. The largest absolute Gasteiger partial charge is 0.497 e. The average Bonchev–Trinajstić information content (AvgIpc) is 2.25. The first-order valence-corrected chi connectivity index (χ1v) is 6.49. The van der Waals surface area contributed by atoms with Gasteiger partial charge in [-0.1, -0.05) is 0 Å². The molecule has 0 radical (unpaired) electrons. The highest BCUT2D eigenvalue weighted by molar-refractivity contribution is 9.10. The maximum Gasteiger partial charge on any atom is 0.239 e. The van der Waals surface area contributed by atoms with Gasteiger partial charge in [0.2, 0.25) is 5.91 Å². The highest BCUT2D eigenvalue weighted by Gasteiger charge is 2.13. The predicted octanol–water partition coefficient (Wildman–Crippen LogP) is 2.78. The number of methoxy groups -OCH3 is 1. The molecule has 0 aromatic heterocycles. The summed E-state index contributed by atoms with van der Waals surface area (Å²) in [4.78, 5) is 11.7. The number of halogens is 1. The van der Waals surface area contributed by atoms with E-state index < -0.39 is 0 Å². The number of carbonyl (C=O) groups excluding carboxylic acids is 1. The van der Waals surface area contributed by atoms with Gasteiger partial charge in [0.15, 0.2) is 0 Å². The maximum absolute atomic E-state index is 11.7. The number of ether oxygens (including phenoxy) is 1. The van der Waals surface area contributed by atoms with E-state index in [1.165, 1.54) is 0 Å². The first-order chi connectivity index (χ1) is 8.31. The van der Waals surface area contributed by atoms with Gasteiger partial charge in [-0.25, -0.2) is 0 Å². The van der Waals surface area contributed by atoms with Crippen molar-refractivity contribution in [1.82, 2.24) is 5.32 Å². The third kappa shape index (κ3) is 4.96. The van der Waals surface area contributed by atoms with Crippen LogP contribution in [0, 0.1) is 0 Å². The van der Waals surface area contributed by atoms with E-state index in [0.717, 1.165) is 15.9 Å². The van der Waals surface area contributed by atoms with E-state index in [-0.39, 0.29) is 18.0 Å². The van der Waals surface area contributed by atoms with Gasteiger partial charge in [-0.2, -0.15) is 0 Å². The lowest BCUT2D eigenvalue weighted by Crippen LogP contribution is -2.43. The molecule has 1 aromatic rings. The van der Waals surface area contributed by atoms with Crippen molar-refractivity contribution >= 4 is 27.5 Å². The first-order valence-electron chi connectivity index (χ1n) is 5.70. The molecule has 0 aliphatic rings. The molecule has 0 aliphatic heterocycles. The summed E-state index contributed by atoms with van der Waals surface area (Å²) in [7, 11) is 1.61. The normalized spacial score (nSPS) is 10.9. The first kappa shape index (κ1) is 14.8. The van der Waals surface area contributed by atoms with E-state index in [4.69, 9.17) is 4.74 Å². The van der Waals surface area contributed by atoms with Gasteiger partial charge in [0, 0.05) is 16.1 Å². The van der Waals surface area contributed by atoms with Crippen LogP contribution in [0.15, 0.2) is 22.7 Å². The maximum atomic E-state index is 11.7. The molecule has 0 aliphatic carbocycles. The van der Waals surface area contributed by atoms with Crippen molar-refractivity contribution < 1.29 is 9.53 Å². The Morgan fingerprint density at radius 1 is 1.39 bits per heavy atom. The van der Waals surface area contributed by atoms with E-state index in [2.05, 4.69) is 26.6 Å². The Morgan fingerprint density at radius 3 is 2.61 bits per heavy atom. The number of amides is 1. The van der Waals surface area contributed by atoms with Gasteiger partial charge >= 0.3 is 0 Å². The van der Waals surface area contributed by atoms with Crippen LogP contribution in [0.4, 0.5) is 5.69 Å². The van der Waals surface area contributed by atoms with E-state index in [1.807, 2.05) is 39.0 Å². The Morgan fingerprint density at radius 2 is 2.06 bits per heavy atom. The molecule has 4 nitrogen and oxygen atoms in total. The van der Waals surface area contributed by atoms with Crippen molar-refractivity contribution in [3.63, 3.8) is 0 Å². The fourth-order valence-electron chi connectivity index (χ4n) is 1.40. The van der Waals surface area contributed by atoms with E-state index in [9.17, 15) is 4.79 Å². The molecule has 18 heavy (non-hydrogen) atoms. The molecule has 0 heterocycles. The molecule has 0 atom stereocenters. The summed E-state index contributed by atoms with van der Waals surface area (Å²) in [6, 6.07) is 5.57. The molecule has 0 spiro atoms. The predicted molar refractivity (Wildman–Crippen MR) is 77.1 cm³/mol. The summed E-state index contributed by atoms with van der Waals surface area (Å²) < 4.78 is 6.03. The summed E-state index contributed by atoms with van der Waals surface area (Å²) in [6.45, 7) is 6.08. The van der Waals surface area contributed by atoms with Gasteiger partial charge in [0.1, 0.15) is 5.75 Å². The second kappa shape index (κ2) is 6.09. The summed E-state index contributed by atoms with van der Waals surface area (Å²) in [6.07, 6.45) is 0. The van der Waals surface area contributed by atoms with Crippen LogP contribution in [0.1, 0.15) is 20.8 Å². The van der Waals surface area contributed by atoms with Crippen LogP contribution in [0.3, 0.4) is 0 Å². The summed E-state index contributed by atoms with van der Waals surface area (Å²) in [5, 5.41) is 5.96. The number of rotatable bonds is 4. The Labute approximate surface area is 116 Å². The lowest BCUT2D eigenvalue weighted by Gasteiger charge is -2.21. The van der Waals surface area contributed by atoms with E-state index in [0.29, 0.717) is 0 Å². The van der Waals surface area contributed by atoms with Gasteiger partial charge in [-0.15, -0.1) is 0 Å². The lowest BCUT2D eigenvalue weighted by atomic mass is 10.1. The average molecular weight is 315 g/mol. The molecule has 0 bridgehead atoms. The molecule has 1 amide bonds. The Bertz CT molecular complexity index is 427. The monoisotopic (exact) mass is 314 g/mol. The zero-order valence-corrected chi connectivity index (χ0v) is 12.7. The van der Waals surface area contributed by atoms with Crippen LogP contribution >= 0.6 is 15.9 Å². The van der Waals surface area contributed by atoms with Crippen LogP contribution in [0.5, 0.6) is 5.75 Å². The number of nitrogens with one attached hydrogen (secondary N) is 2. The number of hydrogen-bond acceptors (Lipinski definition) is 3. The molecule has 0 saturated heterocycles. The topological polar surface area (TPSA) is 50.4 Å². The van der Waals surface area contributed by atoms with E-state index >= 15 is 0 Å². The summed E-state index contributed by atoms with van der Waals surface area (Å²) in [5.74, 6) is 0.703. The second-order valence-electron chi connectivity index (χ2n) is 5.00. The Hall–Kier alpha value is -1.23. The summed E-state index contributed by atoms with van der Waals surface area (Å²) >= 11 is 3.42.